The van der Waals surface area contributed by atoms with Crippen molar-refractivity contribution >= 4 is 34.7 Å². The van der Waals surface area contributed by atoms with Crippen molar-refractivity contribution in [3.63, 3.8) is 0 Å². The fourth-order valence-electron chi connectivity index (χ4n) is 3.52. The molecule has 0 bridgehead atoms. The number of hydrogen-bond donors (Lipinski definition) is 2. The summed E-state index contributed by atoms with van der Waals surface area (Å²) in [5, 5.41) is 13.6. The lowest BCUT2D eigenvalue weighted by molar-refractivity contribution is -0.126. The van der Waals surface area contributed by atoms with Crippen LogP contribution in [-0.2, 0) is 11.3 Å². The number of rotatable bonds is 6. The van der Waals surface area contributed by atoms with Crippen LogP contribution < -0.4 is 10.6 Å². The van der Waals surface area contributed by atoms with Crippen molar-refractivity contribution in [2.75, 3.05) is 18.4 Å². The first-order valence-electron chi connectivity index (χ1n) is 10.3. The van der Waals surface area contributed by atoms with Gasteiger partial charge in [-0.15, -0.1) is 10.2 Å². The van der Waals surface area contributed by atoms with Gasteiger partial charge in [0.1, 0.15) is 11.5 Å². The van der Waals surface area contributed by atoms with Gasteiger partial charge < -0.3 is 20.0 Å². The summed E-state index contributed by atoms with van der Waals surface area (Å²) in [5.74, 6) is 0.318. The molecule has 1 unspecified atom stereocenters. The van der Waals surface area contributed by atoms with Crippen molar-refractivity contribution < 1.29 is 18.8 Å². The summed E-state index contributed by atoms with van der Waals surface area (Å²) in [5.41, 5.74) is 0.634. The van der Waals surface area contributed by atoms with E-state index >= 15 is 0 Å². The summed E-state index contributed by atoms with van der Waals surface area (Å²) in [7, 11) is 0. The number of anilines is 1. The van der Waals surface area contributed by atoms with Gasteiger partial charge in [0.25, 0.3) is 11.8 Å². The van der Waals surface area contributed by atoms with Gasteiger partial charge in [-0.1, -0.05) is 29.5 Å². The van der Waals surface area contributed by atoms with E-state index in [4.69, 9.17) is 4.42 Å². The van der Waals surface area contributed by atoms with Crippen LogP contribution in [0.3, 0.4) is 0 Å². The molecular weight excluding hydrogens is 430 g/mol. The number of hydrogen-bond acceptors (Lipinski definition) is 7. The van der Waals surface area contributed by atoms with Crippen LogP contribution in [0.2, 0.25) is 0 Å². The van der Waals surface area contributed by atoms with Crippen LogP contribution in [0.4, 0.5) is 5.69 Å². The predicted octanol–water partition coefficient (Wildman–Crippen LogP) is 2.86. The van der Waals surface area contributed by atoms with Crippen LogP contribution in [-0.4, -0.2) is 45.9 Å². The zero-order valence-corrected chi connectivity index (χ0v) is 18.4. The molecule has 3 amide bonds. The highest BCUT2D eigenvalue weighted by Gasteiger charge is 2.31. The van der Waals surface area contributed by atoms with E-state index in [-0.39, 0.29) is 27.7 Å². The molecule has 1 aromatic carbocycles. The van der Waals surface area contributed by atoms with Gasteiger partial charge in [-0.3, -0.25) is 14.4 Å². The quantitative estimate of drug-likeness (QED) is 0.593. The van der Waals surface area contributed by atoms with E-state index in [1.807, 2.05) is 37.3 Å². The molecule has 2 N–H and O–H groups in total. The van der Waals surface area contributed by atoms with Gasteiger partial charge in [0, 0.05) is 18.8 Å². The maximum Gasteiger partial charge on any atom is 0.286 e. The van der Waals surface area contributed by atoms with Crippen LogP contribution in [0.5, 0.6) is 0 Å². The molecule has 1 fully saturated rings. The number of likely N-dealkylation sites (tertiary alicyclic amines) is 1. The lowest BCUT2D eigenvalue weighted by Gasteiger charge is -2.31. The van der Waals surface area contributed by atoms with Gasteiger partial charge >= 0.3 is 0 Å². The van der Waals surface area contributed by atoms with E-state index in [9.17, 15) is 14.4 Å². The first-order chi connectivity index (χ1) is 15.5. The molecular formula is C22H23N5O4S. The molecule has 1 aliphatic rings. The largest absolute Gasteiger partial charge is 0.465 e. The second kappa shape index (κ2) is 9.73. The van der Waals surface area contributed by atoms with Crippen LogP contribution in [0.15, 0.2) is 46.9 Å². The fraction of sp³-hybridized carbons (Fsp3) is 0.318. The van der Waals surface area contributed by atoms with E-state index in [1.165, 1.54) is 0 Å². The predicted molar refractivity (Wildman–Crippen MR) is 118 cm³/mol. The van der Waals surface area contributed by atoms with Gasteiger partial charge in [0.2, 0.25) is 15.9 Å². The molecule has 32 heavy (non-hydrogen) atoms. The minimum Gasteiger partial charge on any atom is -0.465 e. The number of nitrogens with zero attached hydrogens (tertiary/aromatic N) is 3. The SMILES string of the molecule is Cc1ccc(CNC(=O)C2CCCN(C(=O)c3nnc(C(=O)Nc4ccccc4)s3)C2)o1. The molecule has 0 radical (unpaired) electrons. The van der Waals surface area contributed by atoms with Crippen LogP contribution in [0.1, 0.15) is 44.0 Å². The summed E-state index contributed by atoms with van der Waals surface area (Å²) in [6.45, 7) is 2.99. The fourth-order valence-corrected chi connectivity index (χ4v) is 4.22. The Labute approximate surface area is 188 Å². The van der Waals surface area contributed by atoms with Crippen molar-refractivity contribution in [2.45, 2.75) is 26.3 Å². The van der Waals surface area contributed by atoms with Crippen molar-refractivity contribution in [2.24, 2.45) is 5.92 Å². The number of amides is 3. The van der Waals surface area contributed by atoms with Crippen LogP contribution in [0, 0.1) is 12.8 Å². The number of furan rings is 1. The molecule has 0 aliphatic carbocycles. The van der Waals surface area contributed by atoms with Crippen molar-refractivity contribution in [3.05, 3.63) is 64.0 Å². The third-order valence-electron chi connectivity index (χ3n) is 5.15. The Bertz CT molecular complexity index is 1110. The number of nitrogens with one attached hydrogen (secondary N) is 2. The molecule has 1 saturated heterocycles. The molecule has 1 aliphatic heterocycles. The Morgan fingerprint density at radius 2 is 1.91 bits per heavy atom. The molecule has 3 aromatic rings. The van der Waals surface area contributed by atoms with Gasteiger partial charge in [0.15, 0.2) is 0 Å². The van der Waals surface area contributed by atoms with E-state index in [0.29, 0.717) is 43.9 Å². The smallest absolute Gasteiger partial charge is 0.286 e. The number of aryl methyl sites for hydroxylation is 1. The van der Waals surface area contributed by atoms with Gasteiger partial charge in [-0.2, -0.15) is 0 Å². The van der Waals surface area contributed by atoms with E-state index in [0.717, 1.165) is 17.1 Å². The Morgan fingerprint density at radius 3 is 2.66 bits per heavy atom. The molecule has 10 heteroatoms. The Morgan fingerprint density at radius 1 is 1.12 bits per heavy atom. The molecule has 3 heterocycles. The molecule has 4 rings (SSSR count). The monoisotopic (exact) mass is 453 g/mol. The number of carbonyl (C=O) groups excluding carboxylic acids is 3. The number of aromatic nitrogens is 2. The summed E-state index contributed by atoms with van der Waals surface area (Å²) < 4.78 is 5.47. The maximum atomic E-state index is 12.9. The van der Waals surface area contributed by atoms with E-state index < -0.39 is 5.91 Å². The summed E-state index contributed by atoms with van der Waals surface area (Å²) >= 11 is 0.943. The molecule has 9 nitrogen and oxygen atoms in total. The van der Waals surface area contributed by atoms with Crippen molar-refractivity contribution in [1.82, 2.24) is 20.4 Å². The van der Waals surface area contributed by atoms with Gasteiger partial charge in [0.05, 0.1) is 12.5 Å². The second-order valence-corrected chi connectivity index (χ2v) is 8.53. The van der Waals surface area contributed by atoms with Gasteiger partial charge in [-0.05, 0) is 44.0 Å². The van der Waals surface area contributed by atoms with E-state index in [1.54, 1.807) is 17.0 Å². The minimum atomic E-state index is -0.420. The third kappa shape index (κ3) is 5.20. The summed E-state index contributed by atoms with van der Waals surface area (Å²) in [6, 6.07) is 12.7. The summed E-state index contributed by atoms with van der Waals surface area (Å²) in [4.78, 5) is 39.5. The maximum absolute atomic E-state index is 12.9. The van der Waals surface area contributed by atoms with Crippen LogP contribution >= 0.6 is 11.3 Å². The Balaban J connectivity index is 1.33. The third-order valence-corrected chi connectivity index (χ3v) is 6.06. The molecule has 0 saturated carbocycles. The number of piperidine rings is 1. The topological polar surface area (TPSA) is 117 Å². The lowest BCUT2D eigenvalue weighted by Crippen LogP contribution is -2.45. The number of para-hydroxylation sites is 1. The molecule has 2 aromatic heterocycles. The van der Waals surface area contributed by atoms with Crippen molar-refractivity contribution in [1.29, 1.82) is 0 Å². The highest BCUT2D eigenvalue weighted by Crippen LogP contribution is 2.21. The molecule has 1 atom stereocenters. The zero-order valence-electron chi connectivity index (χ0n) is 17.5. The normalized spacial score (nSPS) is 15.9. The first-order valence-corrected chi connectivity index (χ1v) is 11.1. The van der Waals surface area contributed by atoms with E-state index in [2.05, 4.69) is 20.8 Å². The minimum absolute atomic E-state index is 0.109. The molecule has 166 valence electrons. The average molecular weight is 454 g/mol. The first kappa shape index (κ1) is 21.7. The van der Waals surface area contributed by atoms with Crippen molar-refractivity contribution in [3.8, 4) is 0 Å². The molecule has 0 spiro atoms. The Hall–Kier alpha value is -3.53. The number of carbonyl (C=O) groups is 3. The lowest BCUT2D eigenvalue weighted by atomic mass is 9.97. The van der Waals surface area contributed by atoms with Crippen LogP contribution in [0.25, 0.3) is 0 Å². The highest BCUT2D eigenvalue weighted by atomic mass is 32.1. The average Bonchev–Trinajstić information content (AvgIpc) is 3.47. The second-order valence-electron chi connectivity index (χ2n) is 7.55. The summed E-state index contributed by atoms with van der Waals surface area (Å²) in [6.07, 6.45) is 1.41. The van der Waals surface area contributed by atoms with Gasteiger partial charge in [-0.25, -0.2) is 0 Å². The highest BCUT2D eigenvalue weighted by molar-refractivity contribution is 7.15. The Kier molecular flexibility index (Phi) is 6.60. The number of benzene rings is 1. The standard InChI is InChI=1S/C22H23N5O4S/c1-14-9-10-17(31-14)12-23-18(28)15-6-5-11-27(13-15)22(30)21-26-25-20(32-21)19(29)24-16-7-3-2-4-8-16/h2-4,7-10,15H,5-6,11-13H2,1H3,(H,23,28)(H,24,29). The zero-order chi connectivity index (χ0) is 22.5.